The fourth-order valence-electron chi connectivity index (χ4n) is 1.64. The zero-order valence-corrected chi connectivity index (χ0v) is 9.47. The van der Waals surface area contributed by atoms with Crippen molar-refractivity contribution in [1.82, 2.24) is 0 Å². The molecule has 1 aromatic rings. The number of hydrogen-bond acceptors (Lipinski definition) is 6. The summed E-state index contributed by atoms with van der Waals surface area (Å²) in [5.74, 6) is 0.397. The van der Waals surface area contributed by atoms with Gasteiger partial charge in [0.05, 0.1) is 6.61 Å². The lowest BCUT2D eigenvalue weighted by Gasteiger charge is -2.34. The van der Waals surface area contributed by atoms with Gasteiger partial charge >= 0.3 is 0 Å². The van der Waals surface area contributed by atoms with Gasteiger partial charge in [-0.1, -0.05) is 0 Å². The van der Waals surface area contributed by atoms with E-state index in [9.17, 15) is 20.1 Å². The first-order valence-electron chi connectivity index (χ1n) is 5.49. The molecule has 1 fully saturated rings. The minimum atomic E-state index is -1.33. The molecule has 0 aromatic heterocycles. The number of aldehydes is 1. The number of aliphatic hydroxyl groups is 3. The third kappa shape index (κ3) is 2.68. The van der Waals surface area contributed by atoms with Gasteiger partial charge in [-0.3, -0.25) is 4.79 Å². The molecule has 1 aliphatic rings. The van der Waals surface area contributed by atoms with Crippen LogP contribution in [-0.2, 0) is 4.74 Å². The molecule has 1 aromatic carbocycles. The standard InChI is InChI=1S/C12H14O6/c13-5-7-1-3-8(4-2-7)18-12-11(16)10(15)9(14)6-17-12/h1-5,9-12,14-16H,6H2. The lowest BCUT2D eigenvalue weighted by molar-refractivity contribution is -0.242. The number of ether oxygens (including phenoxy) is 2. The number of hydrogen-bond donors (Lipinski definition) is 3. The molecule has 0 radical (unpaired) electrons. The van der Waals surface area contributed by atoms with Crippen LogP contribution < -0.4 is 4.74 Å². The van der Waals surface area contributed by atoms with Crippen LogP contribution in [0.1, 0.15) is 10.4 Å². The fraction of sp³-hybridized carbons (Fsp3) is 0.417. The van der Waals surface area contributed by atoms with Crippen LogP contribution in [-0.4, -0.2) is 52.8 Å². The summed E-state index contributed by atoms with van der Waals surface area (Å²) >= 11 is 0. The first kappa shape index (κ1) is 13.0. The van der Waals surface area contributed by atoms with Gasteiger partial charge in [0.15, 0.2) is 0 Å². The van der Waals surface area contributed by atoms with Crippen molar-refractivity contribution in [2.24, 2.45) is 0 Å². The van der Waals surface area contributed by atoms with Gasteiger partial charge in [0.2, 0.25) is 6.29 Å². The Labute approximate surface area is 103 Å². The second kappa shape index (κ2) is 5.45. The lowest BCUT2D eigenvalue weighted by Crippen LogP contribution is -2.54. The average molecular weight is 254 g/mol. The van der Waals surface area contributed by atoms with Gasteiger partial charge in [0.25, 0.3) is 0 Å². The highest BCUT2D eigenvalue weighted by molar-refractivity contribution is 5.74. The highest BCUT2D eigenvalue weighted by Gasteiger charge is 2.38. The summed E-state index contributed by atoms with van der Waals surface area (Å²) in [5, 5.41) is 28.4. The summed E-state index contributed by atoms with van der Waals surface area (Å²) < 4.78 is 10.4. The fourth-order valence-corrected chi connectivity index (χ4v) is 1.64. The van der Waals surface area contributed by atoms with Crippen LogP contribution in [0.2, 0.25) is 0 Å². The van der Waals surface area contributed by atoms with E-state index in [4.69, 9.17) is 9.47 Å². The Balaban J connectivity index is 2.02. The molecule has 4 unspecified atom stereocenters. The summed E-state index contributed by atoms with van der Waals surface area (Å²) in [5.41, 5.74) is 0.503. The molecule has 98 valence electrons. The van der Waals surface area contributed by atoms with E-state index in [1.165, 1.54) is 0 Å². The predicted molar refractivity (Wildman–Crippen MR) is 60.2 cm³/mol. The molecule has 1 saturated heterocycles. The third-order valence-corrected chi connectivity index (χ3v) is 2.72. The second-order valence-electron chi connectivity index (χ2n) is 4.05. The van der Waals surface area contributed by atoms with Crippen LogP contribution in [0.15, 0.2) is 24.3 Å². The molecule has 6 heteroatoms. The van der Waals surface area contributed by atoms with Crippen LogP contribution >= 0.6 is 0 Å². The first-order chi connectivity index (χ1) is 8.61. The Morgan fingerprint density at radius 3 is 2.44 bits per heavy atom. The molecule has 0 spiro atoms. The number of benzene rings is 1. The second-order valence-corrected chi connectivity index (χ2v) is 4.05. The highest BCUT2D eigenvalue weighted by Crippen LogP contribution is 2.20. The zero-order valence-electron chi connectivity index (χ0n) is 9.47. The molecule has 0 saturated carbocycles. The van der Waals surface area contributed by atoms with Crippen molar-refractivity contribution in [3.05, 3.63) is 29.8 Å². The van der Waals surface area contributed by atoms with Crippen molar-refractivity contribution in [2.45, 2.75) is 24.6 Å². The highest BCUT2D eigenvalue weighted by atomic mass is 16.7. The molecule has 1 aliphatic heterocycles. The van der Waals surface area contributed by atoms with Crippen molar-refractivity contribution in [3.63, 3.8) is 0 Å². The molecule has 3 N–H and O–H groups in total. The van der Waals surface area contributed by atoms with E-state index in [2.05, 4.69) is 0 Å². The Kier molecular flexibility index (Phi) is 3.93. The average Bonchev–Trinajstić information content (AvgIpc) is 2.40. The molecular formula is C12H14O6. The van der Waals surface area contributed by atoms with Crippen LogP contribution in [0.3, 0.4) is 0 Å². The maximum absolute atomic E-state index is 10.5. The van der Waals surface area contributed by atoms with Gasteiger partial charge in [-0.05, 0) is 24.3 Å². The van der Waals surface area contributed by atoms with Gasteiger partial charge in [0.1, 0.15) is 30.3 Å². The zero-order chi connectivity index (χ0) is 13.1. The van der Waals surface area contributed by atoms with E-state index in [1.54, 1.807) is 24.3 Å². The van der Waals surface area contributed by atoms with Crippen molar-refractivity contribution >= 4 is 6.29 Å². The monoisotopic (exact) mass is 254 g/mol. The van der Waals surface area contributed by atoms with Crippen molar-refractivity contribution in [2.75, 3.05) is 6.61 Å². The maximum Gasteiger partial charge on any atom is 0.228 e. The largest absolute Gasteiger partial charge is 0.462 e. The Hall–Kier alpha value is -1.47. The molecule has 0 bridgehead atoms. The number of carbonyl (C=O) groups excluding carboxylic acids is 1. The minimum absolute atomic E-state index is 0.116. The van der Waals surface area contributed by atoms with Gasteiger partial charge in [0, 0.05) is 5.56 Å². The molecule has 0 amide bonds. The van der Waals surface area contributed by atoms with Gasteiger partial charge in [-0.15, -0.1) is 0 Å². The van der Waals surface area contributed by atoms with E-state index in [1.807, 2.05) is 0 Å². The molecule has 1 heterocycles. The Morgan fingerprint density at radius 2 is 1.83 bits per heavy atom. The lowest BCUT2D eigenvalue weighted by atomic mass is 10.1. The first-order valence-corrected chi connectivity index (χ1v) is 5.49. The van der Waals surface area contributed by atoms with Crippen LogP contribution in [0.4, 0.5) is 0 Å². The predicted octanol–water partition coefficient (Wildman–Crippen LogP) is -0.683. The minimum Gasteiger partial charge on any atom is -0.462 e. The number of rotatable bonds is 3. The summed E-state index contributed by atoms with van der Waals surface area (Å²) in [6.45, 7) is -0.116. The van der Waals surface area contributed by atoms with E-state index in [-0.39, 0.29) is 6.61 Å². The van der Waals surface area contributed by atoms with E-state index < -0.39 is 24.6 Å². The molecule has 0 aliphatic carbocycles. The maximum atomic E-state index is 10.5. The molecular weight excluding hydrogens is 240 g/mol. The summed E-state index contributed by atoms with van der Waals surface area (Å²) in [6, 6.07) is 6.22. The molecule has 4 atom stereocenters. The van der Waals surface area contributed by atoms with Crippen LogP contribution in [0.5, 0.6) is 5.75 Å². The smallest absolute Gasteiger partial charge is 0.228 e. The molecule has 6 nitrogen and oxygen atoms in total. The van der Waals surface area contributed by atoms with E-state index in [0.717, 1.165) is 0 Å². The van der Waals surface area contributed by atoms with Gasteiger partial charge < -0.3 is 24.8 Å². The number of aliphatic hydroxyl groups excluding tert-OH is 3. The number of carbonyl (C=O) groups is 1. The summed E-state index contributed by atoms with van der Waals surface area (Å²) in [4.78, 5) is 10.5. The summed E-state index contributed by atoms with van der Waals surface area (Å²) in [6.07, 6.45) is -4.11. The Bertz CT molecular complexity index is 404. The van der Waals surface area contributed by atoms with Crippen molar-refractivity contribution < 1.29 is 29.6 Å². The van der Waals surface area contributed by atoms with Crippen LogP contribution in [0.25, 0.3) is 0 Å². The quantitative estimate of drug-likeness (QED) is 0.618. The summed E-state index contributed by atoms with van der Waals surface area (Å²) in [7, 11) is 0. The Morgan fingerprint density at radius 1 is 1.17 bits per heavy atom. The van der Waals surface area contributed by atoms with E-state index in [0.29, 0.717) is 17.6 Å². The molecule has 18 heavy (non-hydrogen) atoms. The molecule has 2 rings (SSSR count). The van der Waals surface area contributed by atoms with Gasteiger partial charge in [-0.25, -0.2) is 0 Å². The SMILES string of the molecule is O=Cc1ccc(OC2OCC(O)C(O)C2O)cc1. The van der Waals surface area contributed by atoms with Crippen molar-refractivity contribution in [1.29, 1.82) is 0 Å². The third-order valence-electron chi connectivity index (χ3n) is 2.72. The van der Waals surface area contributed by atoms with E-state index >= 15 is 0 Å². The van der Waals surface area contributed by atoms with Gasteiger partial charge in [-0.2, -0.15) is 0 Å². The van der Waals surface area contributed by atoms with Crippen molar-refractivity contribution in [3.8, 4) is 5.75 Å². The normalized spacial score (nSPS) is 31.9. The van der Waals surface area contributed by atoms with Crippen LogP contribution in [0, 0.1) is 0 Å². The topological polar surface area (TPSA) is 96.2 Å².